The number of hydrogen-bond acceptors (Lipinski definition) is 7. The Morgan fingerprint density at radius 3 is 2.53 bits per heavy atom. The van der Waals surface area contributed by atoms with Gasteiger partial charge in [-0.25, -0.2) is 9.59 Å². The number of nitrogens with zero attached hydrogens (tertiary/aromatic N) is 1. The number of thioether (sulfide) groups is 1. The number of nitrogens with one attached hydrogen (secondary N) is 1. The van der Waals surface area contributed by atoms with E-state index in [1.807, 2.05) is 30.3 Å². The van der Waals surface area contributed by atoms with Crippen LogP contribution >= 0.6 is 11.8 Å². The summed E-state index contributed by atoms with van der Waals surface area (Å²) in [6.07, 6.45) is -0.408. The van der Waals surface area contributed by atoms with Crippen LogP contribution in [0.5, 0.6) is 0 Å². The first-order valence-corrected chi connectivity index (χ1v) is 11.0. The molecule has 0 aromatic heterocycles. The molecule has 2 atom stereocenters. The van der Waals surface area contributed by atoms with Crippen molar-refractivity contribution in [2.75, 3.05) is 25.2 Å². The molecule has 1 aliphatic rings. The smallest absolute Gasteiger partial charge is 0.410 e. The second-order valence-electron chi connectivity index (χ2n) is 7.93. The lowest BCUT2D eigenvalue weighted by Crippen LogP contribution is -2.49. The van der Waals surface area contributed by atoms with Gasteiger partial charge in [0.2, 0.25) is 0 Å². The van der Waals surface area contributed by atoms with E-state index in [0.29, 0.717) is 18.7 Å². The highest BCUT2D eigenvalue weighted by molar-refractivity contribution is 7.99. The highest BCUT2D eigenvalue weighted by Gasteiger charge is 2.39. The molecule has 0 spiro atoms. The monoisotopic (exact) mass is 438 g/mol. The van der Waals surface area contributed by atoms with Crippen molar-refractivity contribution >= 4 is 29.9 Å². The Labute approximate surface area is 181 Å². The van der Waals surface area contributed by atoms with Gasteiger partial charge in [0.05, 0.1) is 24.9 Å². The van der Waals surface area contributed by atoms with Crippen molar-refractivity contribution in [3.63, 3.8) is 0 Å². The summed E-state index contributed by atoms with van der Waals surface area (Å²) >= 11 is 1.35. The summed E-state index contributed by atoms with van der Waals surface area (Å²) in [5.41, 5.74) is 0.275. The zero-order valence-corrected chi connectivity index (χ0v) is 18.7. The van der Waals surface area contributed by atoms with Crippen molar-refractivity contribution in [3.05, 3.63) is 35.9 Å². The van der Waals surface area contributed by atoms with Crippen LogP contribution in [0, 0.1) is 0 Å². The quantitative estimate of drug-likeness (QED) is 0.516. The molecule has 1 N–H and O–H groups in total. The maximum absolute atomic E-state index is 12.7. The molecule has 0 unspecified atom stereocenters. The highest BCUT2D eigenvalue weighted by atomic mass is 32.2. The third-order valence-electron chi connectivity index (χ3n) is 4.42. The molecule has 0 saturated carbocycles. The normalized spacial score (nSPS) is 18.6. The Balaban J connectivity index is 2.00. The Morgan fingerprint density at radius 1 is 1.20 bits per heavy atom. The number of ether oxygens (including phenoxy) is 3. The fourth-order valence-electron chi connectivity index (χ4n) is 3.04. The number of methoxy groups -OCH3 is 1. The lowest BCUT2D eigenvalue weighted by atomic mass is 10.1. The number of rotatable bonds is 7. The average Bonchev–Trinajstić information content (AvgIpc) is 3.07. The van der Waals surface area contributed by atoms with Gasteiger partial charge in [-0.05, 0) is 32.8 Å². The number of esters is 1. The predicted octanol–water partition coefficient (Wildman–Crippen LogP) is 3.20. The summed E-state index contributed by atoms with van der Waals surface area (Å²) in [5.74, 6) is 0.280. The van der Waals surface area contributed by atoms with Crippen LogP contribution in [-0.4, -0.2) is 65.9 Å². The van der Waals surface area contributed by atoms with Crippen LogP contribution in [0.3, 0.4) is 0 Å². The summed E-state index contributed by atoms with van der Waals surface area (Å²) in [5, 5.41) is 2.86. The minimum atomic E-state index is -0.619. The number of hydrogen-bond donors (Lipinski definition) is 1. The second-order valence-corrected chi connectivity index (χ2v) is 8.96. The molecule has 2 amide bonds. The van der Waals surface area contributed by atoms with Crippen LogP contribution in [0.15, 0.2) is 30.3 Å². The van der Waals surface area contributed by atoms with E-state index >= 15 is 0 Å². The van der Waals surface area contributed by atoms with E-state index in [2.05, 4.69) is 10.1 Å². The number of carbonyl (C=O) groups excluding carboxylic acids is 3. The molecule has 0 aliphatic carbocycles. The van der Waals surface area contributed by atoms with Gasteiger partial charge in [0, 0.05) is 12.3 Å². The van der Waals surface area contributed by atoms with Gasteiger partial charge in [0.1, 0.15) is 12.2 Å². The van der Waals surface area contributed by atoms with Crippen LogP contribution in [0.25, 0.3) is 0 Å². The average molecular weight is 439 g/mol. The summed E-state index contributed by atoms with van der Waals surface area (Å²) in [6.45, 7) is 5.98. The first kappa shape index (κ1) is 23.9. The van der Waals surface area contributed by atoms with Crippen LogP contribution in [0.2, 0.25) is 0 Å². The Bertz CT molecular complexity index is 722. The zero-order chi connectivity index (χ0) is 22.1. The third-order valence-corrected chi connectivity index (χ3v) is 5.44. The molecule has 1 saturated heterocycles. The van der Waals surface area contributed by atoms with Gasteiger partial charge in [-0.2, -0.15) is 0 Å². The number of amides is 2. The van der Waals surface area contributed by atoms with Crippen LogP contribution in [0.4, 0.5) is 9.59 Å². The van der Waals surface area contributed by atoms with Crippen molar-refractivity contribution in [1.82, 2.24) is 10.2 Å². The molecule has 30 heavy (non-hydrogen) atoms. The van der Waals surface area contributed by atoms with Gasteiger partial charge in [-0.15, -0.1) is 11.8 Å². The molecule has 0 radical (unpaired) electrons. The van der Waals surface area contributed by atoms with E-state index < -0.39 is 17.8 Å². The Hall–Kier alpha value is -2.42. The first-order valence-electron chi connectivity index (χ1n) is 9.81. The SMILES string of the molecule is COC(=O)CSC[C@@H]1[C@@H](NC(=O)OC(C)(C)C)CCN1C(=O)OCc1ccccc1. The standard InChI is InChI=1S/C21H30N2O6S/c1-21(2,3)29-19(25)22-16-10-11-23(17(16)13-30-14-18(24)27-4)20(26)28-12-15-8-6-5-7-9-15/h5-9,16-17H,10-14H2,1-4H3,(H,22,25)/t16-,17+/m0/s1. The summed E-state index contributed by atoms with van der Waals surface area (Å²) in [7, 11) is 1.33. The maximum Gasteiger partial charge on any atom is 0.410 e. The number of benzene rings is 1. The molecule has 1 aromatic rings. The Morgan fingerprint density at radius 2 is 1.90 bits per heavy atom. The van der Waals surface area contributed by atoms with E-state index in [1.165, 1.54) is 18.9 Å². The minimum absolute atomic E-state index is 0.166. The van der Waals surface area contributed by atoms with E-state index in [-0.39, 0.29) is 30.4 Å². The summed E-state index contributed by atoms with van der Waals surface area (Å²) in [6, 6.07) is 8.80. The minimum Gasteiger partial charge on any atom is -0.468 e. The molecule has 8 nitrogen and oxygen atoms in total. The van der Waals surface area contributed by atoms with E-state index in [9.17, 15) is 14.4 Å². The predicted molar refractivity (Wildman–Crippen MR) is 114 cm³/mol. The third kappa shape index (κ3) is 7.78. The van der Waals surface area contributed by atoms with E-state index in [1.54, 1.807) is 25.7 Å². The Kier molecular flexibility index (Phi) is 8.83. The largest absolute Gasteiger partial charge is 0.468 e. The molecule has 0 bridgehead atoms. The number of likely N-dealkylation sites (tertiary alicyclic amines) is 1. The molecule has 166 valence electrons. The first-order chi connectivity index (χ1) is 14.2. The molecular formula is C21H30N2O6S. The van der Waals surface area contributed by atoms with Crippen molar-refractivity contribution in [2.45, 2.75) is 51.5 Å². The topological polar surface area (TPSA) is 94.2 Å². The van der Waals surface area contributed by atoms with Gasteiger partial charge in [0.25, 0.3) is 0 Å². The summed E-state index contributed by atoms with van der Waals surface area (Å²) < 4.78 is 15.5. The van der Waals surface area contributed by atoms with Gasteiger partial charge in [0.15, 0.2) is 0 Å². The second kappa shape index (κ2) is 11.1. The molecule has 9 heteroatoms. The van der Waals surface area contributed by atoms with Crippen molar-refractivity contribution < 1.29 is 28.6 Å². The van der Waals surface area contributed by atoms with Gasteiger partial charge >= 0.3 is 18.2 Å². The van der Waals surface area contributed by atoms with Crippen molar-refractivity contribution in [1.29, 1.82) is 0 Å². The van der Waals surface area contributed by atoms with E-state index in [4.69, 9.17) is 9.47 Å². The van der Waals surface area contributed by atoms with Crippen LogP contribution < -0.4 is 5.32 Å². The van der Waals surface area contributed by atoms with Gasteiger partial charge < -0.3 is 24.4 Å². The summed E-state index contributed by atoms with van der Waals surface area (Å²) in [4.78, 5) is 38.0. The lowest BCUT2D eigenvalue weighted by molar-refractivity contribution is -0.137. The molecular weight excluding hydrogens is 408 g/mol. The fourth-order valence-corrected chi connectivity index (χ4v) is 4.09. The lowest BCUT2D eigenvalue weighted by Gasteiger charge is -2.28. The number of alkyl carbamates (subject to hydrolysis) is 1. The van der Waals surface area contributed by atoms with Crippen molar-refractivity contribution in [3.8, 4) is 0 Å². The maximum atomic E-state index is 12.7. The molecule has 1 heterocycles. The van der Waals surface area contributed by atoms with E-state index in [0.717, 1.165) is 5.56 Å². The number of carbonyl (C=O) groups is 3. The molecule has 1 fully saturated rings. The van der Waals surface area contributed by atoms with Crippen LogP contribution in [0.1, 0.15) is 32.8 Å². The van der Waals surface area contributed by atoms with Gasteiger partial charge in [-0.1, -0.05) is 30.3 Å². The van der Waals surface area contributed by atoms with Gasteiger partial charge in [-0.3, -0.25) is 4.79 Å². The van der Waals surface area contributed by atoms with Crippen molar-refractivity contribution in [2.24, 2.45) is 0 Å². The molecule has 2 rings (SSSR count). The fraction of sp³-hybridized carbons (Fsp3) is 0.571. The van der Waals surface area contributed by atoms with Crippen LogP contribution in [-0.2, 0) is 25.6 Å². The molecule has 1 aliphatic heterocycles. The highest BCUT2D eigenvalue weighted by Crippen LogP contribution is 2.24. The zero-order valence-electron chi connectivity index (χ0n) is 17.9. The molecule has 1 aromatic carbocycles.